The molecule has 82 valence electrons. The Bertz CT molecular complexity index is 215. The van der Waals surface area contributed by atoms with Crippen LogP contribution in [-0.4, -0.2) is 59.8 Å². The third kappa shape index (κ3) is 4.78. The summed E-state index contributed by atoms with van der Waals surface area (Å²) in [6.45, 7) is 1.41. The lowest BCUT2D eigenvalue weighted by molar-refractivity contribution is -0.144. The Hall–Kier alpha value is -1.14. The largest absolute Gasteiger partial charge is 0.480 e. The zero-order valence-corrected chi connectivity index (χ0v) is 8.52. The third-order valence-electron chi connectivity index (χ3n) is 1.52. The summed E-state index contributed by atoms with van der Waals surface area (Å²) in [4.78, 5) is 23.3. The molecule has 0 aromatic carbocycles. The maximum Gasteiger partial charge on any atom is 0.328 e. The van der Waals surface area contributed by atoms with Gasteiger partial charge in [-0.25, -0.2) is 4.79 Å². The smallest absolute Gasteiger partial charge is 0.328 e. The van der Waals surface area contributed by atoms with Gasteiger partial charge in [-0.3, -0.25) is 4.79 Å². The van der Waals surface area contributed by atoms with E-state index in [4.69, 9.17) is 10.2 Å². The molecule has 0 radical (unpaired) electrons. The average molecular weight is 204 g/mol. The number of carbonyl (C=O) groups excluding carboxylic acids is 1. The maximum atomic E-state index is 11.1. The molecule has 0 aliphatic rings. The van der Waals surface area contributed by atoms with Gasteiger partial charge in [0.25, 0.3) is 0 Å². The molecule has 0 heterocycles. The van der Waals surface area contributed by atoms with E-state index in [0.717, 1.165) is 0 Å². The van der Waals surface area contributed by atoms with Crippen LogP contribution in [0.25, 0.3) is 0 Å². The van der Waals surface area contributed by atoms with Gasteiger partial charge in [0.15, 0.2) is 6.04 Å². The Labute approximate surface area is 82.5 Å². The van der Waals surface area contributed by atoms with Gasteiger partial charge in [-0.1, -0.05) is 0 Å². The Morgan fingerprint density at radius 2 is 1.93 bits per heavy atom. The molecule has 0 aliphatic heterocycles. The maximum absolute atomic E-state index is 11.1. The quantitative estimate of drug-likeness (QED) is 0.507. The second-order valence-electron chi connectivity index (χ2n) is 3.36. The number of hydrogen-bond acceptors (Lipinski definition) is 4. The van der Waals surface area contributed by atoms with Crippen LogP contribution in [0.4, 0.5) is 0 Å². The molecular weight excluding hydrogens is 188 g/mol. The molecule has 14 heavy (non-hydrogen) atoms. The monoisotopic (exact) mass is 204 g/mol. The minimum Gasteiger partial charge on any atom is -0.480 e. The number of amides is 1. The second-order valence-corrected chi connectivity index (χ2v) is 3.36. The van der Waals surface area contributed by atoms with E-state index in [0.29, 0.717) is 0 Å². The number of nitrogens with one attached hydrogen (secondary N) is 1. The van der Waals surface area contributed by atoms with Crippen LogP contribution in [0.2, 0.25) is 0 Å². The van der Waals surface area contributed by atoms with E-state index in [-0.39, 0.29) is 6.54 Å². The lowest BCUT2D eigenvalue weighted by Crippen LogP contribution is -2.49. The zero-order chi connectivity index (χ0) is 11.3. The Morgan fingerprint density at radius 3 is 2.21 bits per heavy atom. The van der Waals surface area contributed by atoms with Crippen LogP contribution in [-0.2, 0) is 9.59 Å². The minimum absolute atomic E-state index is 0.0938. The van der Waals surface area contributed by atoms with E-state index in [1.807, 2.05) is 0 Å². The van der Waals surface area contributed by atoms with E-state index < -0.39 is 24.0 Å². The van der Waals surface area contributed by atoms with Crippen molar-refractivity contribution in [1.82, 2.24) is 10.2 Å². The van der Waals surface area contributed by atoms with Gasteiger partial charge in [-0.15, -0.1) is 0 Å². The van der Waals surface area contributed by atoms with E-state index in [1.165, 1.54) is 6.92 Å². The summed E-state index contributed by atoms with van der Waals surface area (Å²) in [5.74, 6) is -1.67. The summed E-state index contributed by atoms with van der Waals surface area (Å²) in [6, 6.07) is -1.25. The molecule has 6 nitrogen and oxygen atoms in total. The first kappa shape index (κ1) is 12.9. The number of nitrogens with zero attached hydrogens (tertiary/aromatic N) is 1. The number of carboxylic acids is 1. The van der Waals surface area contributed by atoms with E-state index >= 15 is 0 Å². The lowest BCUT2D eigenvalue weighted by atomic mass is 10.2. The summed E-state index contributed by atoms with van der Waals surface area (Å²) in [5, 5.41) is 19.9. The summed E-state index contributed by atoms with van der Waals surface area (Å²) < 4.78 is 0. The molecule has 0 spiro atoms. The molecule has 0 aromatic rings. The van der Waals surface area contributed by atoms with Crippen molar-refractivity contribution < 1.29 is 19.8 Å². The van der Waals surface area contributed by atoms with Gasteiger partial charge < -0.3 is 20.4 Å². The Balaban J connectivity index is 4.17. The fourth-order valence-electron chi connectivity index (χ4n) is 0.895. The first-order chi connectivity index (χ1) is 6.34. The molecule has 2 atom stereocenters. The van der Waals surface area contributed by atoms with E-state index in [9.17, 15) is 9.59 Å². The highest BCUT2D eigenvalue weighted by Crippen LogP contribution is 1.93. The highest BCUT2D eigenvalue weighted by molar-refractivity contribution is 5.84. The zero-order valence-electron chi connectivity index (χ0n) is 8.52. The van der Waals surface area contributed by atoms with Gasteiger partial charge in [0, 0.05) is 0 Å². The fraction of sp³-hybridized carbons (Fsp3) is 0.750. The molecule has 0 rings (SSSR count). The first-order valence-corrected chi connectivity index (χ1v) is 4.19. The van der Waals surface area contributed by atoms with Gasteiger partial charge in [0.1, 0.15) is 0 Å². The third-order valence-corrected chi connectivity index (χ3v) is 1.52. The molecule has 0 fully saturated rings. The number of aliphatic carboxylic acids is 1. The second kappa shape index (κ2) is 5.56. The topological polar surface area (TPSA) is 89.9 Å². The van der Waals surface area contributed by atoms with E-state index in [2.05, 4.69) is 5.32 Å². The van der Waals surface area contributed by atoms with Crippen LogP contribution in [0.15, 0.2) is 0 Å². The normalized spacial score (nSPS) is 14.9. The van der Waals surface area contributed by atoms with E-state index in [1.54, 1.807) is 19.0 Å². The molecule has 1 amide bonds. The van der Waals surface area contributed by atoms with Crippen molar-refractivity contribution in [2.75, 3.05) is 20.6 Å². The molecule has 0 saturated heterocycles. The van der Waals surface area contributed by atoms with Gasteiger partial charge in [0.2, 0.25) is 5.91 Å². The van der Waals surface area contributed by atoms with Gasteiger partial charge in [-0.05, 0) is 21.0 Å². The average Bonchev–Trinajstić information content (AvgIpc) is 1.97. The summed E-state index contributed by atoms with van der Waals surface area (Å²) >= 11 is 0. The molecule has 3 N–H and O–H groups in total. The van der Waals surface area contributed by atoms with Crippen LogP contribution < -0.4 is 5.32 Å². The Kier molecular flexibility index (Phi) is 5.11. The van der Waals surface area contributed by atoms with Crippen molar-refractivity contribution in [3.8, 4) is 0 Å². The van der Waals surface area contributed by atoms with Crippen molar-refractivity contribution in [2.45, 2.75) is 19.1 Å². The van der Waals surface area contributed by atoms with Gasteiger partial charge in [-0.2, -0.15) is 0 Å². The Morgan fingerprint density at radius 1 is 1.43 bits per heavy atom. The van der Waals surface area contributed by atoms with Crippen molar-refractivity contribution in [3.05, 3.63) is 0 Å². The predicted molar refractivity (Wildman–Crippen MR) is 49.8 cm³/mol. The highest BCUT2D eigenvalue weighted by atomic mass is 16.4. The minimum atomic E-state index is -1.25. The molecule has 0 aliphatic carbocycles. The van der Waals surface area contributed by atoms with Gasteiger partial charge >= 0.3 is 5.97 Å². The molecule has 0 aromatic heterocycles. The van der Waals surface area contributed by atoms with Crippen LogP contribution in [0, 0.1) is 0 Å². The summed E-state index contributed by atoms with van der Waals surface area (Å²) in [5.41, 5.74) is 0. The number of likely N-dealkylation sites (N-methyl/N-ethyl adjacent to an activating group) is 1. The van der Waals surface area contributed by atoms with Crippen LogP contribution >= 0.6 is 0 Å². The standard InChI is InChI=1S/C8H16N2O4/c1-5(11)7(8(13)14)9-6(12)4-10(2)3/h5,7,11H,4H2,1-3H3,(H,9,12)(H,13,14)/t5-,7+/m1/s1. The first-order valence-electron chi connectivity index (χ1n) is 4.19. The predicted octanol–water partition coefficient (Wildman–Crippen LogP) is -1.50. The number of rotatable bonds is 5. The SMILES string of the molecule is C[C@@H](O)[C@H](NC(=O)CN(C)C)C(=O)O. The van der Waals surface area contributed by atoms with Crippen LogP contribution in [0.1, 0.15) is 6.92 Å². The van der Waals surface area contributed by atoms with Crippen molar-refractivity contribution >= 4 is 11.9 Å². The number of carbonyl (C=O) groups is 2. The number of aliphatic hydroxyl groups is 1. The molecule has 0 bridgehead atoms. The van der Waals surface area contributed by atoms with Gasteiger partial charge in [0.05, 0.1) is 12.6 Å². The van der Waals surface area contributed by atoms with Crippen molar-refractivity contribution in [3.63, 3.8) is 0 Å². The van der Waals surface area contributed by atoms with Crippen molar-refractivity contribution in [2.24, 2.45) is 0 Å². The number of carboxylic acid groups (broad SMARTS) is 1. The fourth-order valence-corrected chi connectivity index (χ4v) is 0.895. The van der Waals surface area contributed by atoms with Crippen molar-refractivity contribution in [1.29, 1.82) is 0 Å². The molecular formula is C8H16N2O4. The number of hydrogen-bond donors (Lipinski definition) is 3. The summed E-state index contributed by atoms with van der Waals surface area (Å²) in [7, 11) is 3.38. The summed E-state index contributed by atoms with van der Waals surface area (Å²) in [6.07, 6.45) is -1.11. The highest BCUT2D eigenvalue weighted by Gasteiger charge is 2.24. The lowest BCUT2D eigenvalue weighted by Gasteiger charge is -2.18. The molecule has 0 saturated carbocycles. The van der Waals surface area contributed by atoms with Crippen LogP contribution in [0.3, 0.4) is 0 Å². The molecule has 0 unspecified atom stereocenters. The molecule has 6 heteroatoms. The van der Waals surface area contributed by atoms with Crippen LogP contribution in [0.5, 0.6) is 0 Å². The number of aliphatic hydroxyl groups excluding tert-OH is 1.